The minimum absolute atomic E-state index is 0.0715. The molecule has 1 atom stereocenters. The standard InChI is InChI=1S/C17H17N5O2S/c1-21(17(24)15-5-4-14(25-15)16(19)23)13-6-7-22(10-13)12-3-2-11(8-18)20-9-12/h2-5,9,13H,6-7,10H2,1H3,(H2,19,23). The largest absolute Gasteiger partial charge is 0.368 e. The summed E-state index contributed by atoms with van der Waals surface area (Å²) in [7, 11) is 1.77. The van der Waals surface area contributed by atoms with Gasteiger partial charge in [-0.1, -0.05) is 0 Å². The van der Waals surface area contributed by atoms with Crippen molar-refractivity contribution in [2.75, 3.05) is 25.0 Å². The van der Waals surface area contributed by atoms with Crippen LogP contribution >= 0.6 is 11.3 Å². The number of aromatic nitrogens is 1. The molecule has 1 aliphatic rings. The number of likely N-dealkylation sites (N-methyl/N-ethyl adjacent to an activating group) is 1. The lowest BCUT2D eigenvalue weighted by molar-refractivity contribution is 0.0749. The number of pyridine rings is 1. The Kier molecular flexibility index (Phi) is 4.67. The number of nitrogens with two attached hydrogens (primary N) is 1. The fourth-order valence-electron chi connectivity index (χ4n) is 2.86. The topological polar surface area (TPSA) is 103 Å². The quantitative estimate of drug-likeness (QED) is 0.894. The number of anilines is 1. The average molecular weight is 355 g/mol. The normalized spacial score (nSPS) is 16.5. The van der Waals surface area contributed by atoms with Crippen LogP contribution in [0.3, 0.4) is 0 Å². The zero-order chi connectivity index (χ0) is 18.0. The van der Waals surface area contributed by atoms with Crippen molar-refractivity contribution < 1.29 is 9.59 Å². The van der Waals surface area contributed by atoms with Crippen LogP contribution in [0.2, 0.25) is 0 Å². The highest BCUT2D eigenvalue weighted by Gasteiger charge is 2.30. The zero-order valence-corrected chi connectivity index (χ0v) is 14.5. The molecule has 3 heterocycles. The summed E-state index contributed by atoms with van der Waals surface area (Å²) in [5.41, 5.74) is 6.57. The summed E-state index contributed by atoms with van der Waals surface area (Å²) in [6, 6.07) is 8.85. The Balaban J connectivity index is 1.66. The Morgan fingerprint density at radius 1 is 1.36 bits per heavy atom. The molecule has 128 valence electrons. The number of rotatable bonds is 4. The van der Waals surface area contributed by atoms with E-state index in [1.807, 2.05) is 12.1 Å². The molecule has 0 aliphatic carbocycles. The molecular weight excluding hydrogens is 338 g/mol. The number of carbonyl (C=O) groups excluding carboxylic acids is 2. The Morgan fingerprint density at radius 2 is 2.12 bits per heavy atom. The molecule has 1 saturated heterocycles. The molecule has 2 N–H and O–H groups in total. The summed E-state index contributed by atoms with van der Waals surface area (Å²) in [5, 5.41) is 8.82. The average Bonchev–Trinajstić information content (AvgIpc) is 3.30. The van der Waals surface area contributed by atoms with Crippen molar-refractivity contribution in [3.8, 4) is 6.07 Å². The van der Waals surface area contributed by atoms with Crippen LogP contribution in [-0.4, -0.2) is 47.9 Å². The molecule has 1 aliphatic heterocycles. The molecule has 2 aromatic heterocycles. The SMILES string of the molecule is CN(C(=O)c1ccc(C(N)=O)s1)C1CCN(c2ccc(C#N)nc2)C1. The van der Waals surface area contributed by atoms with Gasteiger partial charge in [0.1, 0.15) is 11.8 Å². The van der Waals surface area contributed by atoms with Crippen LogP contribution in [-0.2, 0) is 0 Å². The first-order chi connectivity index (χ1) is 12.0. The zero-order valence-electron chi connectivity index (χ0n) is 13.7. The highest BCUT2D eigenvalue weighted by Crippen LogP contribution is 2.24. The first-order valence-electron chi connectivity index (χ1n) is 7.77. The maximum absolute atomic E-state index is 12.6. The van der Waals surface area contributed by atoms with Gasteiger partial charge in [0.15, 0.2) is 0 Å². The number of nitrogens with zero attached hydrogens (tertiary/aromatic N) is 4. The third kappa shape index (κ3) is 3.46. The van der Waals surface area contributed by atoms with Crippen LogP contribution in [0, 0.1) is 11.3 Å². The molecule has 1 unspecified atom stereocenters. The first-order valence-corrected chi connectivity index (χ1v) is 8.59. The molecule has 0 saturated carbocycles. The second kappa shape index (κ2) is 6.91. The van der Waals surface area contributed by atoms with Crippen LogP contribution in [0.15, 0.2) is 30.5 Å². The fraction of sp³-hybridized carbons (Fsp3) is 0.294. The van der Waals surface area contributed by atoms with E-state index in [4.69, 9.17) is 11.0 Å². The predicted octanol–water partition coefficient (Wildman–Crippen LogP) is 1.46. The van der Waals surface area contributed by atoms with Crippen molar-refractivity contribution in [3.63, 3.8) is 0 Å². The van der Waals surface area contributed by atoms with Gasteiger partial charge in [-0.25, -0.2) is 4.98 Å². The molecule has 25 heavy (non-hydrogen) atoms. The van der Waals surface area contributed by atoms with Crippen molar-refractivity contribution >= 4 is 28.8 Å². The molecule has 3 rings (SSSR count). The van der Waals surface area contributed by atoms with Gasteiger partial charge in [-0.15, -0.1) is 11.3 Å². The van der Waals surface area contributed by atoms with Crippen LogP contribution in [0.4, 0.5) is 5.69 Å². The molecule has 7 nitrogen and oxygen atoms in total. The van der Waals surface area contributed by atoms with E-state index in [0.29, 0.717) is 22.0 Å². The minimum atomic E-state index is -0.521. The van der Waals surface area contributed by atoms with E-state index >= 15 is 0 Å². The summed E-state index contributed by atoms with van der Waals surface area (Å²) in [6.07, 6.45) is 2.53. The van der Waals surface area contributed by atoms with E-state index in [1.165, 1.54) is 0 Å². The molecule has 0 radical (unpaired) electrons. The first kappa shape index (κ1) is 16.9. The number of amides is 2. The van der Waals surface area contributed by atoms with E-state index in [9.17, 15) is 9.59 Å². The molecule has 2 amide bonds. The number of hydrogen-bond acceptors (Lipinski definition) is 6. The van der Waals surface area contributed by atoms with Crippen molar-refractivity contribution in [3.05, 3.63) is 45.9 Å². The maximum Gasteiger partial charge on any atom is 0.263 e. The lowest BCUT2D eigenvalue weighted by Gasteiger charge is -2.25. The Labute approximate surface area is 149 Å². The van der Waals surface area contributed by atoms with Gasteiger partial charge in [-0.3, -0.25) is 9.59 Å². The van der Waals surface area contributed by atoms with Gasteiger partial charge >= 0.3 is 0 Å². The Morgan fingerprint density at radius 3 is 2.72 bits per heavy atom. The van der Waals surface area contributed by atoms with Crippen molar-refractivity contribution in [1.82, 2.24) is 9.88 Å². The van der Waals surface area contributed by atoms with Crippen molar-refractivity contribution in [2.45, 2.75) is 12.5 Å². The van der Waals surface area contributed by atoms with Crippen LogP contribution < -0.4 is 10.6 Å². The molecular formula is C17H17N5O2S. The fourth-order valence-corrected chi connectivity index (χ4v) is 3.70. The monoisotopic (exact) mass is 355 g/mol. The summed E-state index contributed by atoms with van der Waals surface area (Å²) >= 11 is 1.12. The van der Waals surface area contributed by atoms with Crippen molar-refractivity contribution in [2.24, 2.45) is 5.73 Å². The molecule has 0 spiro atoms. The van der Waals surface area contributed by atoms with Gasteiger partial charge < -0.3 is 15.5 Å². The van der Waals surface area contributed by atoms with Gasteiger partial charge in [-0.05, 0) is 30.7 Å². The summed E-state index contributed by atoms with van der Waals surface area (Å²) in [6.45, 7) is 1.51. The number of carbonyl (C=O) groups is 2. The summed E-state index contributed by atoms with van der Waals surface area (Å²) in [4.78, 5) is 32.6. The third-order valence-corrected chi connectivity index (χ3v) is 5.41. The lowest BCUT2D eigenvalue weighted by Crippen LogP contribution is -2.38. The van der Waals surface area contributed by atoms with Gasteiger partial charge in [0.05, 0.1) is 27.7 Å². The third-order valence-electron chi connectivity index (χ3n) is 4.32. The predicted molar refractivity (Wildman–Crippen MR) is 94.5 cm³/mol. The maximum atomic E-state index is 12.6. The Bertz CT molecular complexity index is 839. The van der Waals surface area contributed by atoms with Crippen LogP contribution in [0.1, 0.15) is 31.5 Å². The molecule has 0 bridgehead atoms. The number of nitriles is 1. The highest BCUT2D eigenvalue weighted by atomic mass is 32.1. The van der Waals surface area contributed by atoms with Gasteiger partial charge in [0.2, 0.25) is 0 Å². The van der Waals surface area contributed by atoms with Gasteiger partial charge in [-0.2, -0.15) is 5.26 Å². The molecule has 1 fully saturated rings. The van der Waals surface area contributed by atoms with Gasteiger partial charge in [0.25, 0.3) is 11.8 Å². The van der Waals surface area contributed by atoms with Crippen molar-refractivity contribution in [1.29, 1.82) is 5.26 Å². The second-order valence-corrected chi connectivity index (χ2v) is 6.93. The van der Waals surface area contributed by atoms with E-state index < -0.39 is 5.91 Å². The second-order valence-electron chi connectivity index (χ2n) is 5.85. The van der Waals surface area contributed by atoms with Crippen LogP contribution in [0.25, 0.3) is 0 Å². The number of primary amides is 1. The summed E-state index contributed by atoms with van der Waals surface area (Å²) < 4.78 is 0. The molecule has 2 aromatic rings. The number of hydrogen-bond donors (Lipinski definition) is 1. The minimum Gasteiger partial charge on any atom is -0.368 e. The smallest absolute Gasteiger partial charge is 0.263 e. The van der Waals surface area contributed by atoms with E-state index in [0.717, 1.165) is 30.0 Å². The highest BCUT2D eigenvalue weighted by molar-refractivity contribution is 7.15. The molecule has 8 heteroatoms. The van der Waals surface area contributed by atoms with Gasteiger partial charge in [0, 0.05) is 20.1 Å². The number of thiophene rings is 1. The Hall–Kier alpha value is -2.92. The van der Waals surface area contributed by atoms with E-state index in [-0.39, 0.29) is 11.9 Å². The van der Waals surface area contributed by atoms with E-state index in [2.05, 4.69) is 9.88 Å². The van der Waals surface area contributed by atoms with Crippen LogP contribution in [0.5, 0.6) is 0 Å². The summed E-state index contributed by atoms with van der Waals surface area (Å²) in [5.74, 6) is -0.630. The lowest BCUT2D eigenvalue weighted by atomic mass is 10.2. The van der Waals surface area contributed by atoms with E-state index in [1.54, 1.807) is 36.3 Å². The molecule has 0 aromatic carbocycles.